The third-order valence-corrected chi connectivity index (χ3v) is 5.46. The molecule has 0 aliphatic carbocycles. The second kappa shape index (κ2) is 8.83. The first-order valence-corrected chi connectivity index (χ1v) is 9.95. The van der Waals surface area contributed by atoms with Crippen LogP contribution in [0, 0.1) is 12.7 Å². The summed E-state index contributed by atoms with van der Waals surface area (Å²) in [6.07, 6.45) is 2.92. The zero-order valence-electron chi connectivity index (χ0n) is 16.2. The summed E-state index contributed by atoms with van der Waals surface area (Å²) in [5, 5.41) is 7.50. The third kappa shape index (κ3) is 4.42. The van der Waals surface area contributed by atoms with Crippen LogP contribution in [0.15, 0.2) is 59.5 Å². The predicted molar refractivity (Wildman–Crippen MR) is 116 cm³/mol. The minimum absolute atomic E-state index is 0.0195. The lowest BCUT2D eigenvalue weighted by molar-refractivity contribution is -0.115. The number of hydrogen-bond donors (Lipinski definition) is 1. The zero-order valence-corrected chi connectivity index (χ0v) is 17.7. The van der Waals surface area contributed by atoms with Crippen molar-refractivity contribution in [3.8, 4) is 22.5 Å². The number of anilines is 1. The van der Waals surface area contributed by atoms with Crippen LogP contribution in [0.5, 0.6) is 0 Å². The number of rotatable bonds is 5. The Hall–Kier alpha value is -3.29. The van der Waals surface area contributed by atoms with Crippen molar-refractivity contribution in [1.82, 2.24) is 15.1 Å². The van der Waals surface area contributed by atoms with E-state index in [4.69, 9.17) is 27.7 Å². The summed E-state index contributed by atoms with van der Waals surface area (Å²) < 4.78 is 19.2. The quantitative estimate of drug-likeness (QED) is 0.414. The topological polar surface area (TPSA) is 80.9 Å². The highest BCUT2D eigenvalue weighted by molar-refractivity contribution is 6.42. The normalized spacial score (nSPS) is 10.8. The molecule has 1 amide bonds. The van der Waals surface area contributed by atoms with Gasteiger partial charge in [0.2, 0.25) is 11.8 Å². The molecule has 2 heterocycles. The number of amides is 1. The smallest absolute Gasteiger partial charge is 0.241 e. The number of carbonyl (C=O) groups is 1. The molecule has 156 valence electrons. The summed E-state index contributed by atoms with van der Waals surface area (Å²) in [5.41, 5.74) is 3.01. The number of nitrogens with one attached hydrogen (secondary N) is 1. The molecule has 0 atom stereocenters. The van der Waals surface area contributed by atoms with E-state index >= 15 is 0 Å². The van der Waals surface area contributed by atoms with Gasteiger partial charge in [-0.15, -0.1) is 0 Å². The van der Waals surface area contributed by atoms with Crippen LogP contribution >= 0.6 is 23.2 Å². The molecule has 0 saturated carbocycles. The molecular weight excluding hydrogens is 442 g/mol. The summed E-state index contributed by atoms with van der Waals surface area (Å²) in [5.74, 6) is -0.598. The number of aromatic nitrogens is 3. The highest BCUT2D eigenvalue weighted by atomic mass is 35.5. The van der Waals surface area contributed by atoms with E-state index in [1.54, 1.807) is 49.5 Å². The Kier molecular flexibility index (Phi) is 5.97. The van der Waals surface area contributed by atoms with Crippen molar-refractivity contribution in [2.45, 2.75) is 13.3 Å². The fourth-order valence-electron chi connectivity index (χ4n) is 3.07. The molecule has 0 unspecified atom stereocenters. The van der Waals surface area contributed by atoms with Crippen LogP contribution in [0.25, 0.3) is 22.5 Å². The molecule has 4 aromatic rings. The second-order valence-corrected chi connectivity index (χ2v) is 7.52. The van der Waals surface area contributed by atoms with Gasteiger partial charge in [-0.1, -0.05) is 40.5 Å². The van der Waals surface area contributed by atoms with Gasteiger partial charge in [-0.05, 0) is 48.4 Å². The lowest BCUT2D eigenvalue weighted by atomic mass is 10.0. The average Bonchev–Trinajstić information content (AvgIpc) is 3.17. The molecule has 2 aromatic carbocycles. The van der Waals surface area contributed by atoms with Crippen LogP contribution in [0.3, 0.4) is 0 Å². The number of halogens is 3. The van der Waals surface area contributed by atoms with Gasteiger partial charge in [0.05, 0.1) is 27.7 Å². The minimum Gasteiger partial charge on any atom is -0.337 e. The zero-order chi connectivity index (χ0) is 22.0. The van der Waals surface area contributed by atoms with E-state index in [2.05, 4.69) is 20.4 Å². The summed E-state index contributed by atoms with van der Waals surface area (Å²) in [6, 6.07) is 11.3. The molecule has 31 heavy (non-hydrogen) atoms. The van der Waals surface area contributed by atoms with Gasteiger partial charge in [0.1, 0.15) is 17.8 Å². The Balaban J connectivity index is 1.71. The van der Waals surface area contributed by atoms with Crippen molar-refractivity contribution >= 4 is 35.0 Å². The van der Waals surface area contributed by atoms with Crippen LogP contribution in [0.1, 0.15) is 11.1 Å². The summed E-state index contributed by atoms with van der Waals surface area (Å²) in [6.45, 7) is 1.65. The standard InChI is InChI=1S/C22H15Cl2FN4O2/c1-12-9-14(5-6-16(12)25)21-19(17-7-8-26-11-27-17)22(31-29-21)28-18(30)10-13-3-2-4-15(23)20(13)24/h2-9,11H,10H2,1H3,(H,28,30). The van der Waals surface area contributed by atoms with Gasteiger partial charge in [0.15, 0.2) is 0 Å². The van der Waals surface area contributed by atoms with E-state index < -0.39 is 0 Å². The Bertz CT molecular complexity index is 1260. The summed E-state index contributed by atoms with van der Waals surface area (Å²) in [7, 11) is 0. The summed E-state index contributed by atoms with van der Waals surface area (Å²) in [4.78, 5) is 20.9. The van der Waals surface area contributed by atoms with Gasteiger partial charge in [-0.3, -0.25) is 10.1 Å². The third-order valence-electron chi connectivity index (χ3n) is 4.60. The van der Waals surface area contributed by atoms with Crippen LogP contribution in [0.4, 0.5) is 10.3 Å². The van der Waals surface area contributed by atoms with Crippen molar-refractivity contribution in [3.05, 3.63) is 82.0 Å². The van der Waals surface area contributed by atoms with E-state index in [0.717, 1.165) is 0 Å². The molecule has 4 rings (SSSR count). The monoisotopic (exact) mass is 456 g/mol. The number of carbonyl (C=O) groups excluding carboxylic acids is 1. The van der Waals surface area contributed by atoms with E-state index in [1.807, 2.05) is 0 Å². The van der Waals surface area contributed by atoms with Gasteiger partial charge in [-0.2, -0.15) is 0 Å². The first kappa shape index (κ1) is 21.0. The fraction of sp³-hybridized carbons (Fsp3) is 0.0909. The molecule has 0 fully saturated rings. The van der Waals surface area contributed by atoms with E-state index in [9.17, 15) is 9.18 Å². The number of benzene rings is 2. The lowest BCUT2D eigenvalue weighted by Crippen LogP contribution is -2.15. The number of hydrogen-bond acceptors (Lipinski definition) is 5. The summed E-state index contributed by atoms with van der Waals surface area (Å²) >= 11 is 12.2. The van der Waals surface area contributed by atoms with Crippen LogP contribution < -0.4 is 5.32 Å². The number of aryl methyl sites for hydroxylation is 1. The molecule has 0 aliphatic rings. The Labute approximate surface area is 187 Å². The van der Waals surface area contributed by atoms with Gasteiger partial charge >= 0.3 is 0 Å². The molecule has 2 aromatic heterocycles. The molecule has 6 nitrogen and oxygen atoms in total. The fourth-order valence-corrected chi connectivity index (χ4v) is 3.46. The lowest BCUT2D eigenvalue weighted by Gasteiger charge is -2.08. The van der Waals surface area contributed by atoms with Crippen molar-refractivity contribution in [3.63, 3.8) is 0 Å². The van der Waals surface area contributed by atoms with Crippen LogP contribution in [-0.2, 0) is 11.2 Å². The Morgan fingerprint density at radius 1 is 1.19 bits per heavy atom. The van der Waals surface area contributed by atoms with Gasteiger partial charge in [-0.25, -0.2) is 14.4 Å². The number of nitrogens with zero attached hydrogens (tertiary/aromatic N) is 3. The van der Waals surface area contributed by atoms with Crippen molar-refractivity contribution < 1.29 is 13.7 Å². The molecule has 0 saturated heterocycles. The van der Waals surface area contributed by atoms with E-state index in [-0.39, 0.29) is 24.0 Å². The highest BCUT2D eigenvalue weighted by Crippen LogP contribution is 2.37. The van der Waals surface area contributed by atoms with Gasteiger partial charge in [0, 0.05) is 11.8 Å². The minimum atomic E-state index is -0.377. The second-order valence-electron chi connectivity index (χ2n) is 6.73. The Morgan fingerprint density at radius 2 is 2.03 bits per heavy atom. The highest BCUT2D eigenvalue weighted by Gasteiger charge is 2.23. The van der Waals surface area contributed by atoms with Crippen LogP contribution in [0.2, 0.25) is 10.0 Å². The molecule has 0 bridgehead atoms. The van der Waals surface area contributed by atoms with Gasteiger partial charge < -0.3 is 4.52 Å². The predicted octanol–water partition coefficient (Wildman–Crippen LogP) is 5.73. The first-order valence-electron chi connectivity index (χ1n) is 9.19. The maximum Gasteiger partial charge on any atom is 0.241 e. The van der Waals surface area contributed by atoms with E-state index in [0.29, 0.717) is 43.7 Å². The molecule has 0 spiro atoms. The average molecular weight is 457 g/mol. The maximum atomic E-state index is 13.7. The first-order chi connectivity index (χ1) is 14.9. The van der Waals surface area contributed by atoms with Crippen LogP contribution in [-0.4, -0.2) is 21.0 Å². The largest absolute Gasteiger partial charge is 0.337 e. The van der Waals surface area contributed by atoms with Crippen molar-refractivity contribution in [1.29, 1.82) is 0 Å². The van der Waals surface area contributed by atoms with Crippen molar-refractivity contribution in [2.75, 3.05) is 5.32 Å². The Morgan fingerprint density at radius 3 is 2.77 bits per heavy atom. The van der Waals surface area contributed by atoms with Gasteiger partial charge in [0.25, 0.3) is 0 Å². The molecule has 9 heteroatoms. The molecule has 1 N–H and O–H groups in total. The molecule has 0 aliphatic heterocycles. The van der Waals surface area contributed by atoms with E-state index in [1.165, 1.54) is 12.4 Å². The SMILES string of the molecule is Cc1cc(-c2noc(NC(=O)Cc3cccc(Cl)c3Cl)c2-c2ccncn2)ccc1F. The maximum absolute atomic E-state index is 13.7. The molecule has 0 radical (unpaired) electrons. The van der Waals surface area contributed by atoms with Crippen molar-refractivity contribution in [2.24, 2.45) is 0 Å². The molecular formula is C22H15Cl2FN4O2.